The van der Waals surface area contributed by atoms with Crippen molar-refractivity contribution in [1.82, 2.24) is 16.0 Å². The molecule has 0 aliphatic heterocycles. The summed E-state index contributed by atoms with van der Waals surface area (Å²) in [7, 11) is 0. The van der Waals surface area contributed by atoms with Crippen molar-refractivity contribution < 1.29 is 24.3 Å². The molecule has 0 aliphatic carbocycles. The number of nitrogens with two attached hydrogens (primary N) is 1. The minimum atomic E-state index is -1.20. The summed E-state index contributed by atoms with van der Waals surface area (Å²) in [5, 5.41) is 16.1. The lowest BCUT2D eigenvalue weighted by Gasteiger charge is -2.15. The first kappa shape index (κ1) is 18.9. The zero-order valence-electron chi connectivity index (χ0n) is 13.0. The first-order valence-corrected chi connectivity index (χ1v) is 7.29. The zero-order valence-corrected chi connectivity index (χ0v) is 13.0. The molecule has 0 spiro atoms. The molecule has 0 fully saturated rings. The van der Waals surface area contributed by atoms with Gasteiger partial charge in [0.05, 0.1) is 6.54 Å². The van der Waals surface area contributed by atoms with Crippen molar-refractivity contribution in [3.63, 3.8) is 0 Å². The number of carboxylic acid groups (broad SMARTS) is 1. The highest BCUT2D eigenvalue weighted by molar-refractivity contribution is 5.96. The fourth-order valence-electron chi connectivity index (χ4n) is 1.87. The summed E-state index contributed by atoms with van der Waals surface area (Å²) >= 11 is 0. The monoisotopic (exact) mass is 336 g/mol. The number of amides is 4. The molecule has 24 heavy (non-hydrogen) atoms. The minimum Gasteiger partial charge on any atom is -0.480 e. The average molecular weight is 336 g/mol. The SMILES string of the molecule is NC(=O)NCCC[C@H](NC(=O)CNC(=O)c1ccccc1)C(=O)O. The summed E-state index contributed by atoms with van der Waals surface area (Å²) in [5.74, 6) is -2.24. The van der Waals surface area contributed by atoms with E-state index in [0.29, 0.717) is 12.0 Å². The van der Waals surface area contributed by atoms with E-state index < -0.39 is 29.9 Å². The molecule has 1 rings (SSSR count). The van der Waals surface area contributed by atoms with Gasteiger partial charge in [-0.1, -0.05) is 18.2 Å². The molecule has 1 aromatic carbocycles. The molecule has 0 heterocycles. The Bertz CT molecular complexity index is 591. The van der Waals surface area contributed by atoms with Crippen molar-refractivity contribution >= 4 is 23.8 Å². The van der Waals surface area contributed by atoms with Crippen LogP contribution >= 0.6 is 0 Å². The van der Waals surface area contributed by atoms with Crippen molar-refractivity contribution in [2.45, 2.75) is 18.9 Å². The Labute approximate surface area is 138 Å². The molecule has 0 saturated carbocycles. The van der Waals surface area contributed by atoms with Gasteiger partial charge >= 0.3 is 12.0 Å². The van der Waals surface area contributed by atoms with Gasteiger partial charge in [0.15, 0.2) is 0 Å². The Kier molecular flexibility index (Phi) is 7.76. The second-order valence-electron chi connectivity index (χ2n) is 4.94. The van der Waals surface area contributed by atoms with Crippen LogP contribution in [0, 0.1) is 0 Å². The van der Waals surface area contributed by atoms with Crippen molar-refractivity contribution in [3.05, 3.63) is 35.9 Å². The Morgan fingerprint density at radius 2 is 1.75 bits per heavy atom. The van der Waals surface area contributed by atoms with Crippen LogP contribution in [0.1, 0.15) is 23.2 Å². The molecule has 4 amide bonds. The Hall–Kier alpha value is -3.10. The number of carboxylic acids is 1. The topological polar surface area (TPSA) is 151 Å². The van der Waals surface area contributed by atoms with Crippen LogP contribution in [-0.4, -0.2) is 48.1 Å². The largest absolute Gasteiger partial charge is 0.480 e. The lowest BCUT2D eigenvalue weighted by molar-refractivity contribution is -0.141. The normalized spacial score (nSPS) is 11.2. The first-order chi connectivity index (χ1) is 11.4. The van der Waals surface area contributed by atoms with E-state index in [1.54, 1.807) is 30.3 Å². The highest BCUT2D eigenvalue weighted by Crippen LogP contribution is 1.99. The summed E-state index contributed by atoms with van der Waals surface area (Å²) in [5.41, 5.74) is 5.29. The fourth-order valence-corrected chi connectivity index (χ4v) is 1.87. The molecule has 9 heteroatoms. The van der Waals surface area contributed by atoms with Crippen molar-refractivity contribution in [2.75, 3.05) is 13.1 Å². The standard InChI is InChI=1S/C15H20N4O5/c16-15(24)17-8-4-7-11(14(22)23)19-12(20)9-18-13(21)10-5-2-1-3-6-10/h1-3,5-6,11H,4,7-9H2,(H,18,21)(H,19,20)(H,22,23)(H3,16,17,24)/t11-/m0/s1. The van der Waals surface area contributed by atoms with Gasteiger partial charge in [-0.25, -0.2) is 9.59 Å². The van der Waals surface area contributed by atoms with Crippen molar-refractivity contribution in [2.24, 2.45) is 5.73 Å². The maximum atomic E-state index is 11.8. The summed E-state index contributed by atoms with van der Waals surface area (Å²) in [6, 6.07) is 6.52. The number of nitrogens with one attached hydrogen (secondary N) is 3. The third-order valence-electron chi connectivity index (χ3n) is 3.05. The molecule has 0 bridgehead atoms. The maximum absolute atomic E-state index is 11.8. The number of benzene rings is 1. The van der Waals surface area contributed by atoms with E-state index >= 15 is 0 Å². The van der Waals surface area contributed by atoms with E-state index in [2.05, 4.69) is 16.0 Å². The number of carbonyl (C=O) groups excluding carboxylic acids is 3. The maximum Gasteiger partial charge on any atom is 0.326 e. The second kappa shape index (κ2) is 9.82. The third-order valence-corrected chi connectivity index (χ3v) is 3.05. The summed E-state index contributed by atoms with van der Waals surface area (Å²) < 4.78 is 0. The van der Waals surface area contributed by atoms with Gasteiger partial charge in [0.1, 0.15) is 6.04 Å². The zero-order chi connectivity index (χ0) is 17.9. The van der Waals surface area contributed by atoms with Gasteiger partial charge < -0.3 is 26.8 Å². The van der Waals surface area contributed by atoms with E-state index in [0.717, 1.165) is 0 Å². The summed E-state index contributed by atoms with van der Waals surface area (Å²) in [6.45, 7) is -0.128. The molecule has 9 nitrogen and oxygen atoms in total. The number of primary amides is 1. The predicted molar refractivity (Wildman–Crippen MR) is 85.2 cm³/mol. The van der Waals surface area contributed by atoms with Gasteiger partial charge in [-0.3, -0.25) is 9.59 Å². The number of carbonyl (C=O) groups is 4. The van der Waals surface area contributed by atoms with Crippen LogP contribution in [0.15, 0.2) is 30.3 Å². The van der Waals surface area contributed by atoms with Gasteiger partial charge in [-0.05, 0) is 25.0 Å². The van der Waals surface area contributed by atoms with Crippen LogP contribution in [0.3, 0.4) is 0 Å². The van der Waals surface area contributed by atoms with Gasteiger partial charge in [0, 0.05) is 12.1 Å². The van der Waals surface area contributed by atoms with E-state index in [9.17, 15) is 19.2 Å². The molecule has 130 valence electrons. The van der Waals surface area contributed by atoms with Gasteiger partial charge in [0.25, 0.3) is 5.91 Å². The van der Waals surface area contributed by atoms with E-state index in [4.69, 9.17) is 10.8 Å². The smallest absolute Gasteiger partial charge is 0.326 e. The Morgan fingerprint density at radius 3 is 2.33 bits per heavy atom. The quantitative estimate of drug-likeness (QED) is 0.383. The molecule has 0 saturated heterocycles. The number of aliphatic carboxylic acids is 1. The van der Waals surface area contributed by atoms with E-state index in [-0.39, 0.29) is 19.5 Å². The van der Waals surface area contributed by atoms with Crippen LogP contribution in [0.25, 0.3) is 0 Å². The van der Waals surface area contributed by atoms with Crippen LogP contribution in [0.4, 0.5) is 4.79 Å². The first-order valence-electron chi connectivity index (χ1n) is 7.29. The molecular formula is C15H20N4O5. The highest BCUT2D eigenvalue weighted by Gasteiger charge is 2.19. The molecule has 6 N–H and O–H groups in total. The lowest BCUT2D eigenvalue weighted by atomic mass is 10.1. The van der Waals surface area contributed by atoms with E-state index in [1.807, 2.05) is 0 Å². The van der Waals surface area contributed by atoms with Gasteiger partial charge in [-0.15, -0.1) is 0 Å². The number of hydrogen-bond donors (Lipinski definition) is 5. The van der Waals surface area contributed by atoms with Crippen molar-refractivity contribution in [1.29, 1.82) is 0 Å². The molecule has 0 radical (unpaired) electrons. The van der Waals surface area contributed by atoms with Crippen LogP contribution in [0.5, 0.6) is 0 Å². The Morgan fingerprint density at radius 1 is 1.08 bits per heavy atom. The minimum absolute atomic E-state index is 0.119. The predicted octanol–water partition coefficient (Wildman–Crippen LogP) is -0.566. The number of hydrogen-bond acceptors (Lipinski definition) is 4. The van der Waals surface area contributed by atoms with E-state index in [1.165, 1.54) is 0 Å². The second-order valence-corrected chi connectivity index (χ2v) is 4.94. The van der Waals surface area contributed by atoms with Crippen LogP contribution in [0.2, 0.25) is 0 Å². The fraction of sp³-hybridized carbons (Fsp3) is 0.333. The molecule has 0 aromatic heterocycles. The third kappa shape index (κ3) is 7.25. The van der Waals surface area contributed by atoms with Gasteiger partial charge in [-0.2, -0.15) is 0 Å². The summed E-state index contributed by atoms with van der Waals surface area (Å²) in [4.78, 5) is 45.2. The lowest BCUT2D eigenvalue weighted by Crippen LogP contribution is -2.45. The van der Waals surface area contributed by atoms with Gasteiger partial charge in [0.2, 0.25) is 5.91 Å². The highest BCUT2D eigenvalue weighted by atomic mass is 16.4. The molecule has 0 unspecified atom stereocenters. The Balaban J connectivity index is 2.38. The number of urea groups is 1. The molecule has 0 aliphatic rings. The van der Waals surface area contributed by atoms with Crippen LogP contribution < -0.4 is 21.7 Å². The molecule has 1 aromatic rings. The molecular weight excluding hydrogens is 316 g/mol. The van der Waals surface area contributed by atoms with Crippen LogP contribution in [-0.2, 0) is 9.59 Å². The average Bonchev–Trinajstić information content (AvgIpc) is 2.55. The number of rotatable bonds is 9. The molecule has 1 atom stereocenters. The van der Waals surface area contributed by atoms with Crippen molar-refractivity contribution in [3.8, 4) is 0 Å². The summed E-state index contributed by atoms with van der Waals surface area (Å²) in [6.07, 6.45) is 0.449.